The number of alkyl halides is 1. The Morgan fingerprint density at radius 2 is 2.14 bits per heavy atom. The Morgan fingerprint density at radius 1 is 1.36 bits per heavy atom. The Hall–Kier alpha value is -1.45. The van der Waals surface area contributed by atoms with Gasteiger partial charge in [-0.25, -0.2) is 0 Å². The topological polar surface area (TPSA) is 49.8 Å². The summed E-state index contributed by atoms with van der Waals surface area (Å²) in [5, 5.41) is 9.64. The number of rotatable bonds is 1. The molecule has 0 spiro atoms. The van der Waals surface area contributed by atoms with E-state index in [4.69, 9.17) is 11.0 Å². The van der Waals surface area contributed by atoms with E-state index in [1.54, 1.807) is 18.2 Å². The van der Waals surface area contributed by atoms with E-state index in [1.807, 2.05) is 0 Å². The predicted molar refractivity (Wildman–Crippen MR) is 60.9 cm³/mol. The zero-order valence-corrected chi connectivity index (χ0v) is 9.13. The second kappa shape index (κ2) is 5.32. The first-order chi connectivity index (χ1) is 6.77. The van der Waals surface area contributed by atoms with Gasteiger partial charge in [-0.2, -0.15) is 5.26 Å². The van der Waals surface area contributed by atoms with Gasteiger partial charge in [0.1, 0.15) is 6.07 Å². The van der Waals surface area contributed by atoms with Crippen LogP contribution in [0.5, 0.6) is 0 Å². The minimum absolute atomic E-state index is 0.571. The lowest BCUT2D eigenvalue weighted by Crippen LogP contribution is -1.89. The van der Waals surface area contributed by atoms with Crippen molar-refractivity contribution < 1.29 is 0 Å². The van der Waals surface area contributed by atoms with Crippen LogP contribution in [0.25, 0.3) is 0 Å². The molecule has 70 valence electrons. The van der Waals surface area contributed by atoms with E-state index in [-0.39, 0.29) is 0 Å². The summed E-state index contributed by atoms with van der Waals surface area (Å²) in [6.45, 7) is 0. The minimum atomic E-state index is 0.571. The van der Waals surface area contributed by atoms with Crippen LogP contribution in [0.15, 0.2) is 18.2 Å². The Labute approximate surface area is 91.9 Å². The standard InChI is InChI=1S/C11H9BrN2/c12-6-2-1-3-9-7-11(14)5-4-10(9)8-13/h4-5,7H,2,6,14H2. The van der Waals surface area contributed by atoms with Crippen molar-refractivity contribution in [2.24, 2.45) is 0 Å². The minimum Gasteiger partial charge on any atom is -0.399 e. The Kier molecular flexibility index (Phi) is 4.04. The molecule has 3 heteroatoms. The number of nitrogen functional groups attached to an aromatic ring is 1. The lowest BCUT2D eigenvalue weighted by atomic mass is 10.1. The van der Waals surface area contributed by atoms with E-state index in [0.29, 0.717) is 16.8 Å². The van der Waals surface area contributed by atoms with Crippen molar-refractivity contribution in [3.05, 3.63) is 29.3 Å². The summed E-state index contributed by atoms with van der Waals surface area (Å²) in [6.07, 6.45) is 0.764. The number of hydrogen-bond donors (Lipinski definition) is 1. The van der Waals surface area contributed by atoms with Gasteiger partial charge >= 0.3 is 0 Å². The first kappa shape index (κ1) is 10.6. The molecule has 1 aromatic carbocycles. The lowest BCUT2D eigenvalue weighted by Gasteiger charge is -1.96. The Balaban J connectivity index is 3.02. The number of benzene rings is 1. The summed E-state index contributed by atoms with van der Waals surface area (Å²) in [4.78, 5) is 0. The van der Waals surface area contributed by atoms with Crippen molar-refractivity contribution in [1.29, 1.82) is 5.26 Å². The molecular weight excluding hydrogens is 240 g/mol. The number of anilines is 1. The molecule has 0 aliphatic heterocycles. The van der Waals surface area contributed by atoms with Gasteiger partial charge in [-0.3, -0.25) is 0 Å². The van der Waals surface area contributed by atoms with E-state index in [1.165, 1.54) is 0 Å². The van der Waals surface area contributed by atoms with Gasteiger partial charge in [0.2, 0.25) is 0 Å². The van der Waals surface area contributed by atoms with Crippen LogP contribution in [0, 0.1) is 23.2 Å². The second-order valence-electron chi connectivity index (χ2n) is 2.66. The van der Waals surface area contributed by atoms with Gasteiger partial charge in [-0.15, -0.1) is 0 Å². The molecule has 2 N–H and O–H groups in total. The van der Waals surface area contributed by atoms with Crippen molar-refractivity contribution in [3.63, 3.8) is 0 Å². The van der Waals surface area contributed by atoms with E-state index < -0.39 is 0 Å². The largest absolute Gasteiger partial charge is 0.399 e. The lowest BCUT2D eigenvalue weighted by molar-refractivity contribution is 1.32. The number of hydrogen-bond acceptors (Lipinski definition) is 2. The molecular formula is C11H9BrN2. The number of nitrogens with two attached hydrogens (primary N) is 1. The van der Waals surface area contributed by atoms with Crippen LogP contribution in [0.1, 0.15) is 17.5 Å². The third-order valence-corrected chi connectivity index (χ3v) is 2.00. The van der Waals surface area contributed by atoms with E-state index in [0.717, 1.165) is 11.8 Å². The first-order valence-electron chi connectivity index (χ1n) is 4.12. The fraction of sp³-hybridized carbons (Fsp3) is 0.182. The number of halogens is 1. The quantitative estimate of drug-likeness (QED) is 0.471. The molecule has 0 amide bonds. The first-order valence-corrected chi connectivity index (χ1v) is 5.24. The highest BCUT2D eigenvalue weighted by molar-refractivity contribution is 9.09. The molecule has 14 heavy (non-hydrogen) atoms. The normalized spacial score (nSPS) is 8.57. The average Bonchev–Trinajstić information content (AvgIpc) is 2.19. The van der Waals surface area contributed by atoms with E-state index in [2.05, 4.69) is 33.8 Å². The number of nitriles is 1. The Bertz CT molecular complexity index is 421. The fourth-order valence-electron chi connectivity index (χ4n) is 0.968. The monoisotopic (exact) mass is 248 g/mol. The van der Waals surface area contributed by atoms with E-state index in [9.17, 15) is 0 Å². The summed E-state index contributed by atoms with van der Waals surface area (Å²) >= 11 is 3.28. The molecule has 0 heterocycles. The SMILES string of the molecule is N#Cc1ccc(N)cc1C#CCCBr. The zero-order chi connectivity index (χ0) is 10.4. The average molecular weight is 249 g/mol. The highest BCUT2D eigenvalue weighted by atomic mass is 79.9. The highest BCUT2D eigenvalue weighted by Crippen LogP contribution is 2.11. The van der Waals surface area contributed by atoms with Crippen LogP contribution in [0.2, 0.25) is 0 Å². The summed E-state index contributed by atoms with van der Waals surface area (Å²) in [6, 6.07) is 7.19. The third-order valence-electron chi connectivity index (χ3n) is 1.61. The maximum Gasteiger partial charge on any atom is 0.100 e. The van der Waals surface area contributed by atoms with Crippen molar-refractivity contribution >= 4 is 21.6 Å². The maximum atomic E-state index is 8.80. The molecule has 0 saturated carbocycles. The molecule has 0 saturated heterocycles. The van der Waals surface area contributed by atoms with Crippen LogP contribution in [0.3, 0.4) is 0 Å². The molecule has 0 aliphatic carbocycles. The molecule has 0 unspecified atom stereocenters. The number of nitrogens with zero attached hydrogens (tertiary/aromatic N) is 1. The highest BCUT2D eigenvalue weighted by Gasteiger charge is 1.98. The Morgan fingerprint density at radius 3 is 2.79 bits per heavy atom. The molecule has 2 nitrogen and oxygen atoms in total. The molecule has 1 rings (SSSR count). The van der Waals surface area contributed by atoms with Gasteiger partial charge in [0.25, 0.3) is 0 Å². The van der Waals surface area contributed by atoms with Gasteiger partial charge in [-0.1, -0.05) is 27.8 Å². The summed E-state index contributed by atoms with van der Waals surface area (Å²) in [7, 11) is 0. The van der Waals surface area contributed by atoms with Gasteiger partial charge in [-0.05, 0) is 18.2 Å². The summed E-state index contributed by atoms with van der Waals surface area (Å²) < 4.78 is 0. The molecule has 0 atom stereocenters. The molecule has 0 fully saturated rings. The van der Waals surface area contributed by atoms with Gasteiger partial charge < -0.3 is 5.73 Å². The third kappa shape index (κ3) is 2.80. The smallest absolute Gasteiger partial charge is 0.100 e. The van der Waals surface area contributed by atoms with Crippen molar-refractivity contribution in [2.45, 2.75) is 6.42 Å². The summed E-state index contributed by atoms with van der Waals surface area (Å²) in [5.74, 6) is 5.87. The molecule has 0 radical (unpaired) electrons. The predicted octanol–water partition coefficient (Wildman–Crippen LogP) is 2.28. The van der Waals surface area contributed by atoms with Crippen LogP contribution < -0.4 is 5.73 Å². The molecule has 0 aliphatic rings. The van der Waals surface area contributed by atoms with Crippen LogP contribution in [0.4, 0.5) is 5.69 Å². The second-order valence-corrected chi connectivity index (χ2v) is 3.45. The van der Waals surface area contributed by atoms with Crippen LogP contribution in [-0.4, -0.2) is 5.33 Å². The van der Waals surface area contributed by atoms with Crippen LogP contribution in [-0.2, 0) is 0 Å². The van der Waals surface area contributed by atoms with Crippen LogP contribution >= 0.6 is 15.9 Å². The molecule has 1 aromatic rings. The van der Waals surface area contributed by atoms with Crippen molar-refractivity contribution in [3.8, 4) is 17.9 Å². The van der Waals surface area contributed by atoms with Gasteiger partial charge in [0.15, 0.2) is 0 Å². The maximum absolute atomic E-state index is 8.80. The molecule has 0 bridgehead atoms. The van der Waals surface area contributed by atoms with Crippen molar-refractivity contribution in [1.82, 2.24) is 0 Å². The van der Waals surface area contributed by atoms with Crippen molar-refractivity contribution in [2.75, 3.05) is 11.1 Å². The molecule has 0 aromatic heterocycles. The zero-order valence-electron chi connectivity index (χ0n) is 7.55. The van der Waals surface area contributed by atoms with E-state index >= 15 is 0 Å². The fourth-order valence-corrected chi connectivity index (χ4v) is 1.17. The summed E-state index contributed by atoms with van der Waals surface area (Å²) in [5.41, 5.74) is 7.50. The van der Waals surface area contributed by atoms with Gasteiger partial charge in [0.05, 0.1) is 5.56 Å². The van der Waals surface area contributed by atoms with Gasteiger partial charge in [0, 0.05) is 23.0 Å².